The van der Waals surface area contributed by atoms with E-state index in [0.717, 1.165) is 19.4 Å². The van der Waals surface area contributed by atoms with Gasteiger partial charge in [0.15, 0.2) is 6.61 Å². The highest BCUT2D eigenvalue weighted by Gasteiger charge is 2.28. The van der Waals surface area contributed by atoms with Crippen molar-refractivity contribution in [2.24, 2.45) is 0 Å². The van der Waals surface area contributed by atoms with E-state index in [9.17, 15) is 18.0 Å². The van der Waals surface area contributed by atoms with Crippen LogP contribution in [0.4, 0.5) is 13.2 Å². The molecule has 0 spiro atoms. The number of alkyl halides is 3. The summed E-state index contributed by atoms with van der Waals surface area (Å²) in [6, 6.07) is 6.10. The van der Waals surface area contributed by atoms with Crippen molar-refractivity contribution in [1.82, 2.24) is 10.6 Å². The van der Waals surface area contributed by atoms with Gasteiger partial charge in [0.1, 0.15) is 5.75 Å². The Labute approximate surface area is 132 Å². The molecule has 1 unspecified atom stereocenters. The third-order valence-electron chi connectivity index (χ3n) is 3.14. The van der Waals surface area contributed by atoms with Gasteiger partial charge in [0.2, 0.25) is 5.91 Å². The first kappa shape index (κ1) is 18.6. The Morgan fingerprint density at radius 3 is 2.82 bits per heavy atom. The third kappa shape index (κ3) is 6.11. The number of halogens is 4. The van der Waals surface area contributed by atoms with E-state index in [1.165, 1.54) is 12.1 Å². The first-order chi connectivity index (χ1) is 9.94. The molecule has 0 aliphatic carbocycles. The van der Waals surface area contributed by atoms with Gasteiger partial charge in [0.05, 0.1) is 6.04 Å². The van der Waals surface area contributed by atoms with Gasteiger partial charge in [0.25, 0.3) is 0 Å². The van der Waals surface area contributed by atoms with Crippen molar-refractivity contribution in [3.63, 3.8) is 0 Å². The van der Waals surface area contributed by atoms with Gasteiger partial charge in [-0.1, -0.05) is 12.1 Å². The van der Waals surface area contributed by atoms with Crippen LogP contribution in [-0.2, 0) is 11.3 Å². The van der Waals surface area contributed by atoms with E-state index in [4.69, 9.17) is 0 Å². The monoisotopic (exact) mass is 338 g/mol. The highest BCUT2D eigenvalue weighted by Crippen LogP contribution is 2.19. The van der Waals surface area contributed by atoms with Crippen LogP contribution in [0.15, 0.2) is 24.3 Å². The number of ether oxygens (including phenoxy) is 1. The van der Waals surface area contributed by atoms with Crippen molar-refractivity contribution < 1.29 is 22.7 Å². The average Bonchev–Trinajstić information content (AvgIpc) is 2.96. The predicted molar refractivity (Wildman–Crippen MR) is 78.1 cm³/mol. The molecule has 1 atom stereocenters. The van der Waals surface area contributed by atoms with Crippen molar-refractivity contribution in [2.45, 2.75) is 31.6 Å². The standard InChI is InChI=1S/C14H17F3N2O2.ClH/c15-14(16,17)9-21-11-4-1-3-10(7-11)8-19-13(20)12-5-2-6-18-12;/h1,3-4,7,12,18H,2,5-6,8-9H2,(H,19,20);1H. The van der Waals surface area contributed by atoms with Crippen LogP contribution in [0.25, 0.3) is 0 Å². The second-order valence-electron chi connectivity index (χ2n) is 4.92. The van der Waals surface area contributed by atoms with Gasteiger partial charge < -0.3 is 15.4 Å². The second kappa shape index (κ2) is 8.24. The fourth-order valence-corrected chi connectivity index (χ4v) is 2.13. The van der Waals surface area contributed by atoms with Crippen LogP contribution in [-0.4, -0.2) is 31.3 Å². The van der Waals surface area contributed by atoms with Crippen molar-refractivity contribution in [1.29, 1.82) is 0 Å². The SMILES string of the molecule is Cl.O=C(NCc1cccc(OCC(F)(F)F)c1)C1CCCN1. The van der Waals surface area contributed by atoms with Gasteiger partial charge in [-0.25, -0.2) is 0 Å². The molecule has 0 saturated carbocycles. The Kier molecular flexibility index (Phi) is 6.96. The van der Waals surface area contributed by atoms with E-state index >= 15 is 0 Å². The van der Waals surface area contributed by atoms with Gasteiger partial charge in [0, 0.05) is 6.54 Å². The minimum absolute atomic E-state index is 0. The lowest BCUT2D eigenvalue weighted by molar-refractivity contribution is -0.153. The quantitative estimate of drug-likeness (QED) is 0.867. The Morgan fingerprint density at radius 1 is 1.41 bits per heavy atom. The normalized spacial score (nSPS) is 17.7. The Balaban J connectivity index is 0.00000242. The summed E-state index contributed by atoms with van der Waals surface area (Å²) in [5, 5.41) is 5.84. The number of nitrogens with one attached hydrogen (secondary N) is 2. The van der Waals surface area contributed by atoms with E-state index in [2.05, 4.69) is 15.4 Å². The molecule has 1 aromatic rings. The summed E-state index contributed by atoms with van der Waals surface area (Å²) in [7, 11) is 0. The van der Waals surface area contributed by atoms with Crippen molar-refractivity contribution >= 4 is 18.3 Å². The maximum Gasteiger partial charge on any atom is 0.422 e. The molecule has 22 heavy (non-hydrogen) atoms. The van der Waals surface area contributed by atoms with Crippen LogP contribution in [0.1, 0.15) is 18.4 Å². The van der Waals surface area contributed by atoms with Crippen molar-refractivity contribution in [2.75, 3.05) is 13.2 Å². The minimum Gasteiger partial charge on any atom is -0.484 e. The van der Waals surface area contributed by atoms with E-state index in [1.54, 1.807) is 12.1 Å². The summed E-state index contributed by atoms with van der Waals surface area (Å²) in [4.78, 5) is 11.8. The van der Waals surface area contributed by atoms with E-state index in [0.29, 0.717) is 5.56 Å². The van der Waals surface area contributed by atoms with Gasteiger partial charge in [-0.2, -0.15) is 13.2 Å². The molecule has 0 radical (unpaired) electrons. The number of benzene rings is 1. The Morgan fingerprint density at radius 2 is 2.18 bits per heavy atom. The highest BCUT2D eigenvalue weighted by molar-refractivity contribution is 5.85. The van der Waals surface area contributed by atoms with Crippen LogP contribution in [0.5, 0.6) is 5.75 Å². The average molecular weight is 339 g/mol. The number of carbonyl (C=O) groups is 1. The maximum absolute atomic E-state index is 12.1. The maximum atomic E-state index is 12.1. The number of amides is 1. The van der Waals surface area contributed by atoms with Crippen LogP contribution in [0, 0.1) is 0 Å². The summed E-state index contributed by atoms with van der Waals surface area (Å²) in [6.45, 7) is -0.228. The lowest BCUT2D eigenvalue weighted by Crippen LogP contribution is -2.39. The van der Waals surface area contributed by atoms with Crippen LogP contribution < -0.4 is 15.4 Å². The molecular weight excluding hydrogens is 321 g/mol. The molecule has 1 aromatic carbocycles. The molecule has 2 N–H and O–H groups in total. The Hall–Kier alpha value is -1.47. The zero-order valence-corrected chi connectivity index (χ0v) is 12.6. The van der Waals surface area contributed by atoms with Gasteiger partial charge in [-0.05, 0) is 37.1 Å². The van der Waals surface area contributed by atoms with Crippen molar-refractivity contribution in [3.05, 3.63) is 29.8 Å². The molecule has 0 bridgehead atoms. The summed E-state index contributed by atoms with van der Waals surface area (Å²) < 4.78 is 40.9. The predicted octanol–water partition coefficient (Wildman–Crippen LogP) is 2.42. The number of hydrogen-bond acceptors (Lipinski definition) is 3. The summed E-state index contributed by atoms with van der Waals surface area (Å²) in [5.41, 5.74) is 0.695. The van der Waals surface area contributed by atoms with Gasteiger partial charge >= 0.3 is 6.18 Å². The lowest BCUT2D eigenvalue weighted by Gasteiger charge is -2.12. The first-order valence-electron chi connectivity index (χ1n) is 6.74. The van der Waals surface area contributed by atoms with Gasteiger partial charge in [-0.15, -0.1) is 12.4 Å². The Bertz CT molecular complexity index is 491. The number of hydrogen-bond donors (Lipinski definition) is 2. The highest BCUT2D eigenvalue weighted by atomic mass is 35.5. The number of carbonyl (C=O) groups excluding carboxylic acids is 1. The number of rotatable bonds is 5. The largest absolute Gasteiger partial charge is 0.484 e. The summed E-state index contributed by atoms with van der Waals surface area (Å²) in [5.74, 6) is 0.0483. The molecule has 1 amide bonds. The molecule has 1 aliphatic rings. The molecule has 1 heterocycles. The smallest absolute Gasteiger partial charge is 0.422 e. The minimum atomic E-state index is -4.36. The zero-order valence-electron chi connectivity index (χ0n) is 11.8. The molecule has 8 heteroatoms. The zero-order chi connectivity index (χ0) is 15.3. The van der Waals surface area contributed by atoms with Crippen LogP contribution in [0.2, 0.25) is 0 Å². The topological polar surface area (TPSA) is 50.4 Å². The van der Waals surface area contributed by atoms with Gasteiger partial charge in [-0.3, -0.25) is 4.79 Å². The van der Waals surface area contributed by atoms with Crippen LogP contribution in [0.3, 0.4) is 0 Å². The summed E-state index contributed by atoms with van der Waals surface area (Å²) in [6.07, 6.45) is -2.59. The van der Waals surface area contributed by atoms with E-state index in [1.807, 2.05) is 0 Å². The third-order valence-corrected chi connectivity index (χ3v) is 3.14. The van der Waals surface area contributed by atoms with Crippen molar-refractivity contribution in [3.8, 4) is 5.75 Å². The lowest BCUT2D eigenvalue weighted by atomic mass is 10.2. The molecule has 1 aliphatic heterocycles. The summed E-state index contributed by atoms with van der Waals surface area (Å²) >= 11 is 0. The fourth-order valence-electron chi connectivity index (χ4n) is 2.13. The van der Waals surface area contributed by atoms with E-state index < -0.39 is 12.8 Å². The molecule has 2 rings (SSSR count). The molecular formula is C14H18ClF3N2O2. The fraction of sp³-hybridized carbons (Fsp3) is 0.500. The molecule has 124 valence electrons. The molecule has 1 fully saturated rings. The van der Waals surface area contributed by atoms with Crippen LogP contribution >= 0.6 is 12.4 Å². The second-order valence-corrected chi connectivity index (χ2v) is 4.92. The first-order valence-corrected chi connectivity index (χ1v) is 6.74. The molecule has 4 nitrogen and oxygen atoms in total. The molecule has 0 aromatic heterocycles. The molecule has 1 saturated heterocycles. The van der Waals surface area contributed by atoms with E-state index in [-0.39, 0.29) is 36.7 Å².